The van der Waals surface area contributed by atoms with Gasteiger partial charge in [-0.15, -0.1) is 0 Å². The Bertz CT molecular complexity index is 950. The molecule has 0 radical (unpaired) electrons. The number of carbonyl (C=O) groups excluding carboxylic acids is 2. The van der Waals surface area contributed by atoms with Gasteiger partial charge in [0.05, 0.1) is 0 Å². The number of nitrogens with one attached hydrogen (secondary N) is 1. The van der Waals surface area contributed by atoms with Crippen LogP contribution in [0.2, 0.25) is 0 Å². The predicted octanol–water partition coefficient (Wildman–Crippen LogP) is 3.58. The second kappa shape index (κ2) is 8.94. The van der Waals surface area contributed by atoms with Crippen LogP contribution in [0.5, 0.6) is 5.75 Å². The molecular weight excluding hydrogens is 402 g/mol. The fraction of sp³-hybridized carbons (Fsp3) is 0.462. The van der Waals surface area contributed by atoms with Gasteiger partial charge >= 0.3 is 0 Å². The van der Waals surface area contributed by atoms with Crippen molar-refractivity contribution in [2.45, 2.75) is 51.7 Å². The number of amides is 2. The van der Waals surface area contributed by atoms with E-state index in [-0.39, 0.29) is 23.0 Å². The number of piperidine rings is 1. The Morgan fingerprint density at radius 2 is 1.62 bits per heavy atom. The van der Waals surface area contributed by atoms with Crippen LogP contribution in [-0.2, 0) is 4.79 Å². The summed E-state index contributed by atoms with van der Waals surface area (Å²) in [4.78, 5) is 29.8. The molecule has 32 heavy (non-hydrogen) atoms. The molecule has 2 saturated heterocycles. The smallest absolute Gasteiger partial charge is 0.251 e. The summed E-state index contributed by atoms with van der Waals surface area (Å²) in [5.41, 5.74) is 1.94. The summed E-state index contributed by atoms with van der Waals surface area (Å²) in [5, 5.41) is 12.5. The topological polar surface area (TPSA) is 72.9 Å². The SMILES string of the molecule is CC(NC(=O)c1ccccc1)C(=O)N1CCC2(CC1)CN(C(C)C)C2c1ccc(O)cc1. The van der Waals surface area contributed by atoms with Crippen LogP contribution in [0.1, 0.15) is 55.6 Å². The summed E-state index contributed by atoms with van der Waals surface area (Å²) in [5.74, 6) is 0.0365. The highest BCUT2D eigenvalue weighted by Gasteiger charge is 2.54. The Hall–Kier alpha value is -2.86. The summed E-state index contributed by atoms with van der Waals surface area (Å²) in [6, 6.07) is 16.7. The Labute approximate surface area is 190 Å². The van der Waals surface area contributed by atoms with Gasteiger partial charge in [-0.25, -0.2) is 0 Å². The van der Waals surface area contributed by atoms with Crippen molar-refractivity contribution in [3.8, 4) is 5.75 Å². The minimum Gasteiger partial charge on any atom is -0.508 e. The average molecular weight is 436 g/mol. The third-order valence-corrected chi connectivity index (χ3v) is 7.11. The Morgan fingerprint density at radius 1 is 1.00 bits per heavy atom. The quantitative estimate of drug-likeness (QED) is 0.753. The van der Waals surface area contributed by atoms with Gasteiger partial charge in [-0.3, -0.25) is 14.5 Å². The molecule has 6 heteroatoms. The second-order valence-electron chi connectivity index (χ2n) is 9.51. The monoisotopic (exact) mass is 435 g/mol. The first kappa shape index (κ1) is 22.3. The highest BCUT2D eigenvalue weighted by atomic mass is 16.3. The molecule has 0 bridgehead atoms. The molecule has 2 amide bonds. The van der Waals surface area contributed by atoms with Crippen LogP contribution in [0.3, 0.4) is 0 Å². The summed E-state index contributed by atoms with van der Waals surface area (Å²) >= 11 is 0. The molecule has 0 saturated carbocycles. The molecule has 1 spiro atoms. The summed E-state index contributed by atoms with van der Waals surface area (Å²) in [6.07, 6.45) is 1.87. The Kier molecular flexibility index (Phi) is 6.24. The third kappa shape index (κ3) is 4.24. The number of phenolic OH excluding ortho intramolecular Hbond substituents is 1. The molecule has 4 rings (SSSR count). The maximum atomic E-state index is 13.0. The van der Waals surface area contributed by atoms with Gasteiger partial charge in [0, 0.05) is 42.7 Å². The van der Waals surface area contributed by atoms with E-state index in [4.69, 9.17) is 0 Å². The van der Waals surface area contributed by atoms with E-state index in [1.54, 1.807) is 31.2 Å². The molecule has 2 atom stereocenters. The van der Waals surface area contributed by atoms with E-state index >= 15 is 0 Å². The predicted molar refractivity (Wildman–Crippen MR) is 124 cm³/mol. The Morgan fingerprint density at radius 3 is 2.22 bits per heavy atom. The normalized spacial score (nSPS) is 21.2. The third-order valence-electron chi connectivity index (χ3n) is 7.11. The molecule has 2 unspecified atom stereocenters. The van der Waals surface area contributed by atoms with Gasteiger partial charge in [-0.1, -0.05) is 30.3 Å². The van der Waals surface area contributed by atoms with Crippen molar-refractivity contribution in [3.63, 3.8) is 0 Å². The molecule has 2 aliphatic heterocycles. The highest BCUT2D eigenvalue weighted by Crippen LogP contribution is 2.55. The van der Waals surface area contributed by atoms with E-state index in [2.05, 4.69) is 24.1 Å². The molecule has 2 aromatic carbocycles. The molecule has 2 heterocycles. The lowest BCUT2D eigenvalue weighted by molar-refractivity contribution is -0.149. The van der Waals surface area contributed by atoms with Crippen molar-refractivity contribution in [1.29, 1.82) is 0 Å². The van der Waals surface area contributed by atoms with Gasteiger partial charge in [-0.05, 0) is 63.4 Å². The molecule has 2 fully saturated rings. The lowest BCUT2D eigenvalue weighted by atomic mass is 9.62. The number of nitrogens with zero attached hydrogens (tertiary/aromatic N) is 2. The molecule has 2 N–H and O–H groups in total. The molecule has 2 aliphatic rings. The fourth-order valence-electron chi connectivity index (χ4n) is 5.27. The summed E-state index contributed by atoms with van der Waals surface area (Å²) < 4.78 is 0. The minimum atomic E-state index is -0.557. The van der Waals surface area contributed by atoms with E-state index in [1.165, 1.54) is 5.56 Å². The Balaban J connectivity index is 1.39. The van der Waals surface area contributed by atoms with E-state index < -0.39 is 6.04 Å². The maximum Gasteiger partial charge on any atom is 0.251 e. The fourth-order valence-corrected chi connectivity index (χ4v) is 5.27. The van der Waals surface area contributed by atoms with Crippen LogP contribution in [0.4, 0.5) is 0 Å². The minimum absolute atomic E-state index is 0.0228. The van der Waals surface area contributed by atoms with Crippen LogP contribution in [-0.4, -0.2) is 58.4 Å². The second-order valence-corrected chi connectivity index (χ2v) is 9.51. The van der Waals surface area contributed by atoms with E-state index in [1.807, 2.05) is 35.2 Å². The zero-order valence-electron chi connectivity index (χ0n) is 19.1. The van der Waals surface area contributed by atoms with Crippen LogP contribution < -0.4 is 5.32 Å². The van der Waals surface area contributed by atoms with E-state index in [9.17, 15) is 14.7 Å². The van der Waals surface area contributed by atoms with Crippen LogP contribution in [0.15, 0.2) is 54.6 Å². The number of likely N-dealkylation sites (tertiary alicyclic amines) is 2. The highest BCUT2D eigenvalue weighted by molar-refractivity contribution is 5.97. The van der Waals surface area contributed by atoms with Crippen molar-refractivity contribution in [2.24, 2.45) is 5.41 Å². The van der Waals surface area contributed by atoms with Crippen LogP contribution in [0.25, 0.3) is 0 Å². The molecule has 6 nitrogen and oxygen atoms in total. The van der Waals surface area contributed by atoms with Crippen molar-refractivity contribution >= 4 is 11.8 Å². The maximum absolute atomic E-state index is 13.0. The van der Waals surface area contributed by atoms with Crippen molar-refractivity contribution < 1.29 is 14.7 Å². The molecule has 2 aromatic rings. The van der Waals surface area contributed by atoms with Crippen molar-refractivity contribution in [2.75, 3.05) is 19.6 Å². The number of benzene rings is 2. The lowest BCUT2D eigenvalue weighted by Crippen LogP contribution is -2.64. The first-order valence-corrected chi connectivity index (χ1v) is 11.5. The van der Waals surface area contributed by atoms with Crippen molar-refractivity contribution in [3.05, 3.63) is 65.7 Å². The van der Waals surface area contributed by atoms with E-state index in [0.717, 1.165) is 19.4 Å². The number of hydrogen-bond donors (Lipinski definition) is 2. The van der Waals surface area contributed by atoms with Crippen LogP contribution >= 0.6 is 0 Å². The molecule has 0 aromatic heterocycles. The molecular formula is C26H33N3O3. The number of hydrogen-bond acceptors (Lipinski definition) is 4. The first-order valence-electron chi connectivity index (χ1n) is 11.5. The van der Waals surface area contributed by atoms with Crippen LogP contribution in [0, 0.1) is 5.41 Å². The van der Waals surface area contributed by atoms with Gasteiger partial charge < -0.3 is 15.3 Å². The largest absolute Gasteiger partial charge is 0.508 e. The standard InChI is InChI=1S/C26H33N3O3/c1-18(2)29-17-26(23(29)20-9-11-22(30)12-10-20)13-15-28(16-14-26)25(32)19(3)27-24(31)21-7-5-4-6-8-21/h4-12,18-19,23,30H,13-17H2,1-3H3,(H,27,31). The van der Waals surface area contributed by atoms with E-state index in [0.29, 0.717) is 30.7 Å². The number of phenols is 1. The summed E-state index contributed by atoms with van der Waals surface area (Å²) in [6.45, 7) is 8.62. The number of carbonyl (C=O) groups is 2. The zero-order valence-corrected chi connectivity index (χ0v) is 19.1. The van der Waals surface area contributed by atoms with Gasteiger partial charge in [0.1, 0.15) is 11.8 Å². The molecule has 0 aliphatic carbocycles. The van der Waals surface area contributed by atoms with Gasteiger partial charge in [0.25, 0.3) is 5.91 Å². The lowest BCUT2D eigenvalue weighted by Gasteiger charge is -2.62. The van der Waals surface area contributed by atoms with Gasteiger partial charge in [0.15, 0.2) is 0 Å². The van der Waals surface area contributed by atoms with Gasteiger partial charge in [-0.2, -0.15) is 0 Å². The number of aromatic hydroxyl groups is 1. The zero-order chi connectivity index (χ0) is 22.9. The number of rotatable bonds is 5. The average Bonchev–Trinajstić information content (AvgIpc) is 2.79. The first-order chi connectivity index (χ1) is 15.3. The van der Waals surface area contributed by atoms with Crippen molar-refractivity contribution in [1.82, 2.24) is 15.1 Å². The summed E-state index contributed by atoms with van der Waals surface area (Å²) in [7, 11) is 0. The van der Waals surface area contributed by atoms with Gasteiger partial charge in [0.2, 0.25) is 5.91 Å². The molecule has 170 valence electrons.